The summed E-state index contributed by atoms with van der Waals surface area (Å²) in [5.74, 6) is 0.0777. The molecule has 0 aliphatic heterocycles. The Labute approximate surface area is 125 Å². The van der Waals surface area contributed by atoms with E-state index in [1.165, 1.54) is 14.2 Å². The average Bonchev–Trinajstić information content (AvgIpc) is 2.45. The number of pyridine rings is 1. The molecule has 0 amide bonds. The van der Waals surface area contributed by atoms with Crippen LogP contribution >= 0.6 is 0 Å². The van der Waals surface area contributed by atoms with E-state index in [9.17, 15) is 4.79 Å². The molecule has 0 aliphatic rings. The number of aromatic nitrogens is 1. The smallest absolute Gasteiger partial charge is 0.360 e. The number of hydrogen-bond donors (Lipinski definition) is 0. The van der Waals surface area contributed by atoms with Crippen LogP contribution in [0.25, 0.3) is 0 Å². The average molecular weight is 293 g/mol. The maximum atomic E-state index is 11.8. The lowest BCUT2D eigenvalue weighted by molar-refractivity contribution is 0.0589. The van der Waals surface area contributed by atoms with Crippen molar-refractivity contribution in [2.24, 2.45) is 0 Å². The Bertz CT molecular complexity index is 525. The van der Waals surface area contributed by atoms with E-state index in [-0.39, 0.29) is 11.6 Å². The first kappa shape index (κ1) is 17.2. The summed E-state index contributed by atoms with van der Waals surface area (Å²) < 4.78 is 15.1. The summed E-state index contributed by atoms with van der Waals surface area (Å²) in [7, 11) is 4.48. The quantitative estimate of drug-likeness (QED) is 0.571. The zero-order valence-electron chi connectivity index (χ0n) is 13.4. The summed E-state index contributed by atoms with van der Waals surface area (Å²) in [6.07, 6.45) is 0.743. The normalized spacial score (nSPS) is 11.9. The van der Waals surface area contributed by atoms with Crippen molar-refractivity contribution in [1.29, 1.82) is 0 Å². The van der Waals surface area contributed by atoms with Crippen molar-refractivity contribution in [2.45, 2.75) is 26.2 Å². The number of rotatable bonds is 7. The first-order chi connectivity index (χ1) is 9.94. The lowest BCUT2D eigenvalue weighted by Crippen LogP contribution is -2.12. The lowest BCUT2D eigenvalue weighted by atomic mass is 9.97. The lowest BCUT2D eigenvalue weighted by Gasteiger charge is -2.16. The Morgan fingerprint density at radius 3 is 2.57 bits per heavy atom. The fourth-order valence-electron chi connectivity index (χ4n) is 2.23. The van der Waals surface area contributed by atoms with Gasteiger partial charge in [-0.2, -0.15) is 0 Å². The van der Waals surface area contributed by atoms with Crippen molar-refractivity contribution < 1.29 is 19.0 Å². The van der Waals surface area contributed by atoms with Gasteiger partial charge in [-0.15, -0.1) is 0 Å². The number of methoxy groups -OCH3 is 3. The van der Waals surface area contributed by atoms with E-state index >= 15 is 0 Å². The number of ether oxygens (including phenoxy) is 3. The predicted molar refractivity (Wildman–Crippen MR) is 80.9 cm³/mol. The van der Waals surface area contributed by atoms with Crippen molar-refractivity contribution in [2.75, 3.05) is 27.9 Å². The molecule has 0 aliphatic carbocycles. The third-order valence-corrected chi connectivity index (χ3v) is 3.21. The van der Waals surface area contributed by atoms with Crippen LogP contribution in [0.5, 0.6) is 5.75 Å². The molecular formula is C16H23NO4. The van der Waals surface area contributed by atoms with Crippen LogP contribution in [0, 0.1) is 6.92 Å². The second-order valence-electron chi connectivity index (χ2n) is 5.03. The van der Waals surface area contributed by atoms with Crippen LogP contribution in [-0.2, 0) is 9.47 Å². The molecule has 5 nitrogen and oxygen atoms in total. The van der Waals surface area contributed by atoms with Gasteiger partial charge in [0.2, 0.25) is 0 Å². The minimum atomic E-state index is -0.500. The van der Waals surface area contributed by atoms with E-state index in [0.29, 0.717) is 12.4 Å². The summed E-state index contributed by atoms with van der Waals surface area (Å²) in [5.41, 5.74) is 2.86. The summed E-state index contributed by atoms with van der Waals surface area (Å²) in [6, 6.07) is 1.93. The van der Waals surface area contributed by atoms with Gasteiger partial charge in [0.1, 0.15) is 0 Å². The van der Waals surface area contributed by atoms with E-state index in [1.807, 2.05) is 19.9 Å². The van der Waals surface area contributed by atoms with Gasteiger partial charge in [-0.1, -0.05) is 19.1 Å². The number of hydrogen-bond acceptors (Lipinski definition) is 5. The van der Waals surface area contributed by atoms with Crippen molar-refractivity contribution in [3.8, 4) is 5.75 Å². The third kappa shape index (κ3) is 4.29. The number of nitrogens with zero attached hydrogens (tertiary/aromatic N) is 1. The van der Waals surface area contributed by atoms with Gasteiger partial charge >= 0.3 is 5.97 Å². The Balaban J connectivity index is 3.11. The van der Waals surface area contributed by atoms with Crippen LogP contribution in [0.15, 0.2) is 18.2 Å². The molecule has 0 bridgehead atoms. The van der Waals surface area contributed by atoms with Gasteiger partial charge in [0.05, 0.1) is 20.8 Å². The van der Waals surface area contributed by atoms with E-state index in [2.05, 4.69) is 11.6 Å². The minimum absolute atomic E-state index is 0.126. The molecule has 1 aromatic heterocycles. The van der Waals surface area contributed by atoms with Crippen molar-refractivity contribution >= 4 is 5.97 Å². The van der Waals surface area contributed by atoms with E-state index < -0.39 is 5.97 Å². The predicted octanol–water partition coefficient (Wildman–Crippen LogP) is 2.88. The summed E-state index contributed by atoms with van der Waals surface area (Å²) >= 11 is 0. The van der Waals surface area contributed by atoms with Crippen LogP contribution in [0.4, 0.5) is 0 Å². The zero-order chi connectivity index (χ0) is 16.0. The summed E-state index contributed by atoms with van der Waals surface area (Å²) in [5, 5.41) is 0. The minimum Gasteiger partial charge on any atom is -0.494 e. The van der Waals surface area contributed by atoms with Crippen molar-refractivity contribution in [3.63, 3.8) is 0 Å². The van der Waals surface area contributed by atoms with Crippen LogP contribution in [0.3, 0.4) is 0 Å². The molecule has 0 saturated heterocycles. The van der Waals surface area contributed by atoms with Crippen LogP contribution in [0.2, 0.25) is 0 Å². The molecule has 0 spiro atoms. The highest BCUT2D eigenvalue weighted by atomic mass is 16.5. The topological polar surface area (TPSA) is 57.7 Å². The van der Waals surface area contributed by atoms with E-state index in [0.717, 1.165) is 23.3 Å². The van der Waals surface area contributed by atoms with Gasteiger partial charge in [-0.25, -0.2) is 9.78 Å². The molecule has 1 heterocycles. The molecule has 1 unspecified atom stereocenters. The maximum absolute atomic E-state index is 11.8. The molecule has 0 fully saturated rings. The molecule has 1 rings (SSSR count). The number of esters is 1. The van der Waals surface area contributed by atoms with E-state index in [4.69, 9.17) is 14.2 Å². The second-order valence-corrected chi connectivity index (χ2v) is 5.03. The first-order valence-corrected chi connectivity index (χ1v) is 6.74. The Hall–Kier alpha value is -1.88. The molecule has 1 atom stereocenters. The fraction of sp³-hybridized carbons (Fsp3) is 0.500. The molecule has 0 saturated carbocycles. The Kier molecular flexibility index (Phi) is 6.37. The van der Waals surface area contributed by atoms with Crippen LogP contribution < -0.4 is 4.74 Å². The Morgan fingerprint density at radius 1 is 1.38 bits per heavy atom. The largest absolute Gasteiger partial charge is 0.494 e. The van der Waals surface area contributed by atoms with Crippen LogP contribution in [0.1, 0.15) is 41.0 Å². The summed E-state index contributed by atoms with van der Waals surface area (Å²) in [4.78, 5) is 16.2. The van der Waals surface area contributed by atoms with Gasteiger partial charge in [0, 0.05) is 18.7 Å². The van der Waals surface area contributed by atoms with Gasteiger partial charge in [-0.05, 0) is 25.0 Å². The summed E-state index contributed by atoms with van der Waals surface area (Å²) in [6.45, 7) is 8.41. The second kappa shape index (κ2) is 7.78. The third-order valence-electron chi connectivity index (χ3n) is 3.21. The van der Waals surface area contributed by atoms with E-state index in [1.54, 1.807) is 7.11 Å². The Morgan fingerprint density at radius 2 is 2.05 bits per heavy atom. The molecule has 21 heavy (non-hydrogen) atoms. The molecular weight excluding hydrogens is 270 g/mol. The highest BCUT2D eigenvalue weighted by Crippen LogP contribution is 2.28. The van der Waals surface area contributed by atoms with Gasteiger partial charge in [0.15, 0.2) is 11.4 Å². The van der Waals surface area contributed by atoms with Crippen LogP contribution in [-0.4, -0.2) is 38.9 Å². The zero-order valence-corrected chi connectivity index (χ0v) is 13.4. The van der Waals surface area contributed by atoms with Crippen molar-refractivity contribution in [3.05, 3.63) is 35.2 Å². The molecule has 0 radical (unpaired) electrons. The number of carbonyl (C=O) groups is 1. The molecule has 0 N–H and O–H groups in total. The fourth-order valence-corrected chi connectivity index (χ4v) is 2.23. The molecule has 5 heteroatoms. The van der Waals surface area contributed by atoms with Crippen molar-refractivity contribution in [1.82, 2.24) is 4.98 Å². The van der Waals surface area contributed by atoms with Gasteiger partial charge < -0.3 is 14.2 Å². The maximum Gasteiger partial charge on any atom is 0.360 e. The SMILES string of the molecule is C=C(COC)CC(C)c1cc(C)c(OC)c(C(=O)OC)n1. The standard InChI is InChI=1S/C16H23NO4/c1-10(9-19-4)7-11(2)13-8-12(3)15(20-5)14(17-13)16(18)21-6/h8,11H,1,7,9H2,2-6H3. The van der Waals surface area contributed by atoms with Gasteiger partial charge in [0.25, 0.3) is 0 Å². The highest BCUT2D eigenvalue weighted by Gasteiger charge is 2.20. The number of aryl methyl sites for hydroxylation is 1. The first-order valence-electron chi connectivity index (χ1n) is 6.74. The molecule has 1 aromatic rings. The molecule has 0 aromatic carbocycles. The highest BCUT2D eigenvalue weighted by molar-refractivity contribution is 5.90. The number of carbonyl (C=O) groups excluding carboxylic acids is 1. The molecule has 116 valence electrons. The van der Waals surface area contributed by atoms with Gasteiger partial charge in [-0.3, -0.25) is 0 Å². The monoisotopic (exact) mass is 293 g/mol.